The average molecular weight is 437 g/mol. The Bertz CT molecular complexity index is 1050. The van der Waals surface area contributed by atoms with E-state index in [2.05, 4.69) is 15.5 Å². The van der Waals surface area contributed by atoms with E-state index in [4.69, 9.17) is 4.74 Å². The molecule has 1 atom stereocenters. The zero-order valence-corrected chi connectivity index (χ0v) is 18.1. The van der Waals surface area contributed by atoms with Gasteiger partial charge < -0.3 is 15.0 Å². The van der Waals surface area contributed by atoms with E-state index in [0.29, 0.717) is 18.3 Å². The Labute approximate surface area is 185 Å². The van der Waals surface area contributed by atoms with E-state index >= 15 is 0 Å². The molecule has 2 aromatic carbocycles. The van der Waals surface area contributed by atoms with Gasteiger partial charge in [-0.2, -0.15) is 0 Å². The van der Waals surface area contributed by atoms with Gasteiger partial charge in [0.15, 0.2) is 0 Å². The van der Waals surface area contributed by atoms with Gasteiger partial charge in [-0.3, -0.25) is 9.59 Å². The van der Waals surface area contributed by atoms with Gasteiger partial charge in [-0.15, -0.1) is 10.2 Å². The average Bonchev–Trinajstić information content (AvgIpc) is 3.38. The number of aromatic nitrogens is 2. The summed E-state index contributed by atoms with van der Waals surface area (Å²) in [5.41, 5.74) is 1.91. The van der Waals surface area contributed by atoms with Gasteiger partial charge in [-0.25, -0.2) is 0 Å². The Kier molecular flexibility index (Phi) is 6.57. The first kappa shape index (κ1) is 21.0. The van der Waals surface area contributed by atoms with Crippen LogP contribution in [-0.2, 0) is 16.0 Å². The molecule has 0 aliphatic carbocycles. The number of carbonyl (C=O) groups excluding carboxylic acids is 2. The lowest BCUT2D eigenvalue weighted by Gasteiger charge is -2.17. The van der Waals surface area contributed by atoms with E-state index in [1.807, 2.05) is 61.5 Å². The summed E-state index contributed by atoms with van der Waals surface area (Å²) in [7, 11) is 0. The largest absolute Gasteiger partial charge is 0.494 e. The number of hydrogen-bond acceptors (Lipinski definition) is 6. The normalized spacial score (nSPS) is 15.8. The minimum atomic E-state index is -0.403. The van der Waals surface area contributed by atoms with Gasteiger partial charge in [0.2, 0.25) is 16.9 Å². The van der Waals surface area contributed by atoms with Crippen molar-refractivity contribution in [3.8, 4) is 5.75 Å². The van der Waals surface area contributed by atoms with E-state index in [0.717, 1.165) is 34.8 Å². The Hall–Kier alpha value is -3.26. The topological polar surface area (TPSA) is 84.4 Å². The zero-order chi connectivity index (χ0) is 21.6. The van der Waals surface area contributed by atoms with Gasteiger partial charge in [-0.05, 0) is 43.2 Å². The molecule has 1 aromatic heterocycles. The maximum absolute atomic E-state index is 12.7. The number of hydrogen-bond donors (Lipinski definition) is 1. The summed E-state index contributed by atoms with van der Waals surface area (Å²) in [4.78, 5) is 26.8. The molecule has 0 spiro atoms. The van der Waals surface area contributed by atoms with Crippen LogP contribution in [0.1, 0.15) is 23.4 Å². The van der Waals surface area contributed by atoms with E-state index in [1.54, 1.807) is 4.90 Å². The van der Waals surface area contributed by atoms with Crippen LogP contribution in [0.4, 0.5) is 10.8 Å². The first-order valence-electron chi connectivity index (χ1n) is 10.3. The van der Waals surface area contributed by atoms with E-state index in [9.17, 15) is 9.59 Å². The highest BCUT2D eigenvalue weighted by atomic mass is 32.1. The second-order valence-corrected chi connectivity index (χ2v) is 8.56. The molecule has 160 valence electrons. The standard InChI is InChI=1S/C23H24N4O3S/c1-16-7-5-8-18(13-16)27-15-17(14-21(27)28)22(29)24-23-26-25-20(31-23)11-6-12-30-19-9-3-2-4-10-19/h2-5,7-10,13,17H,6,11-12,14-15H2,1H3,(H,24,26,29). The fourth-order valence-corrected chi connectivity index (χ4v) is 4.26. The van der Waals surface area contributed by atoms with Crippen molar-refractivity contribution in [1.82, 2.24) is 10.2 Å². The maximum Gasteiger partial charge on any atom is 0.231 e. The van der Waals surface area contributed by atoms with E-state index in [1.165, 1.54) is 11.3 Å². The molecular weight excluding hydrogens is 412 g/mol. The third kappa shape index (κ3) is 5.46. The molecule has 1 fully saturated rings. The molecule has 1 aliphatic heterocycles. The molecule has 31 heavy (non-hydrogen) atoms. The third-order valence-corrected chi connectivity index (χ3v) is 5.95. The highest BCUT2D eigenvalue weighted by Gasteiger charge is 2.35. The van der Waals surface area contributed by atoms with Gasteiger partial charge in [0.05, 0.1) is 12.5 Å². The quantitative estimate of drug-likeness (QED) is 0.542. The first-order chi connectivity index (χ1) is 15.1. The summed E-state index contributed by atoms with van der Waals surface area (Å²) in [6.45, 7) is 2.94. The number of anilines is 2. The van der Waals surface area contributed by atoms with Crippen molar-refractivity contribution in [3.63, 3.8) is 0 Å². The number of nitrogens with zero attached hydrogens (tertiary/aromatic N) is 3. The minimum Gasteiger partial charge on any atom is -0.494 e. The second-order valence-electron chi connectivity index (χ2n) is 7.50. The fraction of sp³-hybridized carbons (Fsp3) is 0.304. The predicted molar refractivity (Wildman–Crippen MR) is 120 cm³/mol. The van der Waals surface area contributed by atoms with Crippen LogP contribution >= 0.6 is 11.3 Å². The fourth-order valence-electron chi connectivity index (χ4n) is 3.47. The smallest absolute Gasteiger partial charge is 0.231 e. The molecule has 0 radical (unpaired) electrons. The lowest BCUT2D eigenvalue weighted by atomic mass is 10.1. The Morgan fingerprint density at radius 2 is 2.03 bits per heavy atom. The molecule has 1 unspecified atom stereocenters. The molecule has 7 nitrogen and oxygen atoms in total. The summed E-state index contributed by atoms with van der Waals surface area (Å²) in [5.74, 6) is 0.207. The molecule has 1 N–H and O–H groups in total. The van der Waals surface area contributed by atoms with E-state index < -0.39 is 5.92 Å². The number of benzene rings is 2. The van der Waals surface area contributed by atoms with Crippen LogP contribution in [0.3, 0.4) is 0 Å². The minimum absolute atomic E-state index is 0.0397. The molecule has 1 aliphatic rings. The van der Waals surface area contributed by atoms with Crippen molar-refractivity contribution in [1.29, 1.82) is 0 Å². The Balaban J connectivity index is 1.25. The Morgan fingerprint density at radius 1 is 1.19 bits per heavy atom. The maximum atomic E-state index is 12.7. The van der Waals surface area contributed by atoms with Gasteiger partial charge in [0.1, 0.15) is 10.8 Å². The van der Waals surface area contributed by atoms with Crippen molar-refractivity contribution in [2.45, 2.75) is 26.2 Å². The van der Waals surface area contributed by atoms with Gasteiger partial charge >= 0.3 is 0 Å². The van der Waals surface area contributed by atoms with Gasteiger partial charge in [0.25, 0.3) is 0 Å². The monoisotopic (exact) mass is 436 g/mol. The highest BCUT2D eigenvalue weighted by Crippen LogP contribution is 2.27. The molecule has 8 heteroatoms. The molecule has 0 bridgehead atoms. The summed E-state index contributed by atoms with van der Waals surface area (Å²) < 4.78 is 5.68. The number of rotatable bonds is 8. The van der Waals surface area contributed by atoms with Gasteiger partial charge in [-0.1, -0.05) is 41.7 Å². The van der Waals surface area contributed by atoms with Crippen LogP contribution in [0.2, 0.25) is 0 Å². The summed E-state index contributed by atoms with van der Waals surface area (Å²) in [6.07, 6.45) is 1.73. The predicted octanol–water partition coefficient (Wildman–Crippen LogP) is 3.85. The van der Waals surface area contributed by atoms with Crippen molar-refractivity contribution in [2.24, 2.45) is 5.92 Å². The first-order valence-corrected chi connectivity index (χ1v) is 11.1. The van der Waals surface area contributed by atoms with Crippen LogP contribution in [0, 0.1) is 12.8 Å². The molecule has 1 saturated heterocycles. The highest BCUT2D eigenvalue weighted by molar-refractivity contribution is 7.15. The van der Waals surface area contributed by atoms with Crippen LogP contribution in [0.25, 0.3) is 0 Å². The lowest BCUT2D eigenvalue weighted by molar-refractivity contribution is -0.122. The summed E-state index contributed by atoms with van der Waals surface area (Å²) in [5, 5.41) is 12.3. The molecule has 3 aromatic rings. The van der Waals surface area contributed by atoms with E-state index in [-0.39, 0.29) is 18.2 Å². The van der Waals surface area contributed by atoms with Crippen LogP contribution < -0.4 is 15.0 Å². The number of carbonyl (C=O) groups is 2. The summed E-state index contributed by atoms with van der Waals surface area (Å²) in [6, 6.07) is 17.4. The number of nitrogens with one attached hydrogen (secondary N) is 1. The Morgan fingerprint density at radius 3 is 2.84 bits per heavy atom. The van der Waals surface area contributed by atoms with Crippen molar-refractivity contribution in [2.75, 3.05) is 23.4 Å². The summed E-state index contributed by atoms with van der Waals surface area (Å²) >= 11 is 1.36. The van der Waals surface area contributed by atoms with Crippen molar-refractivity contribution >= 4 is 34.0 Å². The van der Waals surface area contributed by atoms with Crippen LogP contribution in [0.5, 0.6) is 5.75 Å². The number of aryl methyl sites for hydroxylation is 2. The van der Waals surface area contributed by atoms with Crippen molar-refractivity contribution < 1.29 is 14.3 Å². The van der Waals surface area contributed by atoms with Crippen LogP contribution in [-0.4, -0.2) is 35.2 Å². The number of para-hydroxylation sites is 1. The van der Waals surface area contributed by atoms with Gasteiger partial charge in [0, 0.05) is 25.1 Å². The molecule has 4 rings (SSSR count). The number of ether oxygens (including phenoxy) is 1. The molecule has 2 amide bonds. The molecule has 2 heterocycles. The van der Waals surface area contributed by atoms with Crippen molar-refractivity contribution in [3.05, 3.63) is 65.2 Å². The lowest BCUT2D eigenvalue weighted by Crippen LogP contribution is -2.28. The zero-order valence-electron chi connectivity index (χ0n) is 17.3. The number of amides is 2. The SMILES string of the molecule is Cc1cccc(N2CC(C(=O)Nc3nnc(CCCOc4ccccc4)s3)CC2=O)c1. The van der Waals surface area contributed by atoms with Crippen LogP contribution in [0.15, 0.2) is 54.6 Å². The molecular formula is C23H24N4O3S. The second kappa shape index (κ2) is 9.70. The third-order valence-electron chi connectivity index (χ3n) is 5.05. The molecule has 0 saturated carbocycles.